The van der Waals surface area contributed by atoms with E-state index in [2.05, 4.69) is 21.2 Å². The fourth-order valence-electron chi connectivity index (χ4n) is 1.22. The van der Waals surface area contributed by atoms with Gasteiger partial charge in [0.2, 0.25) is 0 Å². The number of anilines is 1. The molecule has 1 aromatic rings. The van der Waals surface area contributed by atoms with Crippen LogP contribution in [0.2, 0.25) is 0 Å². The van der Waals surface area contributed by atoms with Gasteiger partial charge in [0.1, 0.15) is 10.7 Å². The maximum atomic E-state index is 13.6. The number of nitrogen functional groups attached to an aromatic ring is 1. The third-order valence-electron chi connectivity index (χ3n) is 1.99. The summed E-state index contributed by atoms with van der Waals surface area (Å²) in [5.74, 6) is -1.01. The number of hydrogen-bond donors (Lipinski definition) is 3. The quantitative estimate of drug-likeness (QED) is 0.717. The van der Waals surface area contributed by atoms with Gasteiger partial charge in [-0.15, -0.1) is 0 Å². The predicted octanol–water partition coefficient (Wildman–Crippen LogP) is 1.57. The van der Waals surface area contributed by atoms with E-state index in [9.17, 15) is 17.6 Å². The minimum Gasteiger partial charge on any atom is -0.398 e. The van der Waals surface area contributed by atoms with E-state index in [1.54, 1.807) is 18.6 Å². The molecule has 1 aromatic carbocycles. The Hall–Kier alpha value is -1.35. The highest BCUT2D eigenvalue weighted by atomic mass is 79.9. The van der Waals surface area contributed by atoms with Crippen LogP contribution in [0.5, 0.6) is 0 Å². The van der Waals surface area contributed by atoms with Gasteiger partial charge in [0.15, 0.2) is 0 Å². The lowest BCUT2D eigenvalue weighted by molar-refractivity contribution is 0.243. The first-order chi connectivity index (χ1) is 8.63. The van der Waals surface area contributed by atoms with Crippen LogP contribution >= 0.6 is 15.9 Å². The molecule has 6 nitrogen and oxygen atoms in total. The van der Waals surface area contributed by atoms with Crippen LogP contribution in [0.4, 0.5) is 14.9 Å². The van der Waals surface area contributed by atoms with Crippen LogP contribution < -0.4 is 15.8 Å². The minimum absolute atomic E-state index is 0.0473. The summed E-state index contributed by atoms with van der Waals surface area (Å²) in [5.41, 5.74) is 5.54. The lowest BCUT2D eigenvalue weighted by Crippen LogP contribution is -2.42. The first-order valence-electron chi connectivity index (χ1n) is 5.21. The number of benzene rings is 1. The van der Waals surface area contributed by atoms with Gasteiger partial charge in [0.05, 0.1) is 0 Å². The Kier molecular flexibility index (Phi) is 4.75. The fourth-order valence-corrected chi connectivity index (χ4v) is 2.55. The second-order valence-corrected chi connectivity index (χ2v) is 6.54. The standard InChI is InChI=1S/C10H13BrFN3O3S/c1-5(2)14-10(16)15-19(17,18)9-4-8(13)6(11)3-7(9)12/h3-5H,13H2,1-2H3,(H2,14,15,16). The summed E-state index contributed by atoms with van der Waals surface area (Å²) in [5, 5.41) is 2.32. The molecule has 0 radical (unpaired) electrons. The molecule has 0 saturated carbocycles. The summed E-state index contributed by atoms with van der Waals surface area (Å²) in [6, 6.07) is 0.667. The van der Waals surface area contributed by atoms with Crippen LogP contribution in [-0.2, 0) is 10.0 Å². The van der Waals surface area contributed by atoms with Crippen molar-refractivity contribution in [2.75, 3.05) is 5.73 Å². The molecule has 0 spiro atoms. The molecule has 4 N–H and O–H groups in total. The highest BCUT2D eigenvalue weighted by Gasteiger charge is 2.23. The number of halogens is 2. The topological polar surface area (TPSA) is 101 Å². The molecule has 0 heterocycles. The van der Waals surface area contributed by atoms with E-state index in [-0.39, 0.29) is 16.2 Å². The summed E-state index contributed by atoms with van der Waals surface area (Å²) < 4.78 is 39.2. The van der Waals surface area contributed by atoms with E-state index in [4.69, 9.17) is 5.73 Å². The lowest BCUT2D eigenvalue weighted by atomic mass is 10.3. The van der Waals surface area contributed by atoms with Gasteiger partial charge in [-0.2, -0.15) is 0 Å². The van der Waals surface area contributed by atoms with E-state index in [0.29, 0.717) is 0 Å². The molecule has 106 valence electrons. The summed E-state index contributed by atoms with van der Waals surface area (Å²) in [6.45, 7) is 3.31. The third-order valence-corrected chi connectivity index (χ3v) is 4.02. The van der Waals surface area contributed by atoms with Gasteiger partial charge in [0.25, 0.3) is 10.0 Å². The van der Waals surface area contributed by atoms with Crippen LogP contribution in [0.3, 0.4) is 0 Å². The number of amides is 2. The molecule has 0 aliphatic heterocycles. The zero-order valence-electron chi connectivity index (χ0n) is 10.2. The van der Waals surface area contributed by atoms with Crippen LogP contribution in [0.15, 0.2) is 21.5 Å². The molecule has 0 unspecified atom stereocenters. The smallest absolute Gasteiger partial charge is 0.328 e. The number of urea groups is 1. The van der Waals surface area contributed by atoms with Gasteiger partial charge in [-0.1, -0.05) is 0 Å². The van der Waals surface area contributed by atoms with Crippen LogP contribution in [0.1, 0.15) is 13.8 Å². The number of hydrogen-bond acceptors (Lipinski definition) is 4. The van der Waals surface area contributed by atoms with Crippen LogP contribution in [0.25, 0.3) is 0 Å². The number of carbonyl (C=O) groups excluding carboxylic acids is 1. The van der Waals surface area contributed by atoms with Crippen molar-refractivity contribution in [2.24, 2.45) is 0 Å². The van der Waals surface area contributed by atoms with Gasteiger partial charge in [-0.05, 0) is 41.9 Å². The summed E-state index contributed by atoms with van der Waals surface area (Å²) >= 11 is 2.97. The van der Waals surface area contributed by atoms with Gasteiger partial charge >= 0.3 is 6.03 Å². The number of rotatable bonds is 3. The zero-order valence-corrected chi connectivity index (χ0v) is 12.6. The van der Waals surface area contributed by atoms with Crippen LogP contribution in [-0.4, -0.2) is 20.5 Å². The highest BCUT2D eigenvalue weighted by molar-refractivity contribution is 9.10. The van der Waals surface area contributed by atoms with E-state index in [1.807, 2.05) is 0 Å². The molecule has 1 rings (SSSR count). The van der Waals surface area contributed by atoms with Gasteiger partial charge in [-0.25, -0.2) is 22.3 Å². The Labute approximate surface area is 118 Å². The summed E-state index contributed by atoms with van der Waals surface area (Å²) in [4.78, 5) is 10.7. The van der Waals surface area contributed by atoms with Crippen molar-refractivity contribution in [1.29, 1.82) is 0 Å². The Morgan fingerprint density at radius 1 is 1.42 bits per heavy atom. The fraction of sp³-hybridized carbons (Fsp3) is 0.300. The van der Waals surface area contributed by atoms with Gasteiger partial charge in [0, 0.05) is 16.2 Å². The van der Waals surface area contributed by atoms with Crippen molar-refractivity contribution in [3.63, 3.8) is 0 Å². The molecule has 0 fully saturated rings. The Bertz CT molecular complexity index is 604. The molecule has 0 bridgehead atoms. The second-order valence-electron chi connectivity index (χ2n) is 4.04. The van der Waals surface area contributed by atoms with Crippen molar-refractivity contribution in [2.45, 2.75) is 24.8 Å². The highest BCUT2D eigenvalue weighted by Crippen LogP contribution is 2.25. The maximum absolute atomic E-state index is 13.6. The first-order valence-corrected chi connectivity index (χ1v) is 7.49. The van der Waals surface area contributed by atoms with Crippen molar-refractivity contribution in [1.82, 2.24) is 10.0 Å². The van der Waals surface area contributed by atoms with Gasteiger partial charge < -0.3 is 11.1 Å². The van der Waals surface area contributed by atoms with Crippen molar-refractivity contribution >= 4 is 37.7 Å². The molecule has 2 amide bonds. The van der Waals surface area contributed by atoms with Crippen LogP contribution in [0, 0.1) is 5.82 Å². The summed E-state index contributed by atoms with van der Waals surface area (Å²) in [6.07, 6.45) is 0. The lowest BCUT2D eigenvalue weighted by Gasteiger charge is -2.12. The Morgan fingerprint density at radius 2 is 2.00 bits per heavy atom. The zero-order chi connectivity index (χ0) is 14.8. The molecule has 0 saturated heterocycles. The Balaban J connectivity index is 3.08. The second kappa shape index (κ2) is 5.74. The number of carbonyl (C=O) groups is 1. The normalized spacial score (nSPS) is 11.4. The molecular formula is C10H13BrFN3O3S. The predicted molar refractivity (Wildman–Crippen MR) is 72.5 cm³/mol. The number of nitrogens with two attached hydrogens (primary N) is 1. The monoisotopic (exact) mass is 353 g/mol. The van der Waals surface area contributed by atoms with Crippen molar-refractivity contribution < 1.29 is 17.6 Å². The number of sulfonamides is 1. The van der Waals surface area contributed by atoms with Crippen molar-refractivity contribution in [3.05, 3.63) is 22.4 Å². The largest absolute Gasteiger partial charge is 0.398 e. The first kappa shape index (κ1) is 15.7. The molecule has 0 aromatic heterocycles. The molecule has 19 heavy (non-hydrogen) atoms. The van der Waals surface area contributed by atoms with E-state index >= 15 is 0 Å². The average molecular weight is 354 g/mol. The molecule has 9 heteroatoms. The molecule has 0 aliphatic rings. The number of nitrogens with one attached hydrogen (secondary N) is 2. The maximum Gasteiger partial charge on any atom is 0.328 e. The molecule has 0 aliphatic carbocycles. The average Bonchev–Trinajstić information content (AvgIpc) is 2.20. The molecular weight excluding hydrogens is 341 g/mol. The molecule has 0 atom stereocenters. The summed E-state index contributed by atoms with van der Waals surface area (Å²) in [7, 11) is -4.31. The SMILES string of the molecule is CC(C)NC(=O)NS(=O)(=O)c1cc(N)c(Br)cc1F. The third kappa shape index (κ3) is 4.06. The van der Waals surface area contributed by atoms with E-state index in [0.717, 1.165) is 12.1 Å². The van der Waals surface area contributed by atoms with Gasteiger partial charge in [-0.3, -0.25) is 0 Å². The van der Waals surface area contributed by atoms with E-state index < -0.39 is 26.8 Å². The minimum atomic E-state index is -4.31. The Morgan fingerprint density at radius 3 is 2.53 bits per heavy atom. The van der Waals surface area contributed by atoms with Crippen molar-refractivity contribution in [3.8, 4) is 0 Å². The van der Waals surface area contributed by atoms with E-state index in [1.165, 1.54) is 0 Å².